The number of amides is 2. The van der Waals surface area contributed by atoms with Gasteiger partial charge in [0, 0.05) is 10.0 Å². The number of nitrogens with two attached hydrogens (primary N) is 2. The molecule has 0 heterocycles. The number of guanidine groups is 1. The van der Waals surface area contributed by atoms with Crippen LogP contribution in [0.25, 0.3) is 6.08 Å². The highest BCUT2D eigenvalue weighted by Gasteiger charge is 2.16. The van der Waals surface area contributed by atoms with Crippen LogP contribution in [-0.2, 0) is 14.8 Å². The minimum Gasteiger partial charge on any atom is -0.369 e. The lowest BCUT2D eigenvalue weighted by atomic mass is 10.1. The molecule has 0 aliphatic heterocycles. The number of primary sulfonamides is 1. The molecule has 0 bridgehead atoms. The third kappa shape index (κ3) is 7.10. The fraction of sp³-hybridized carbons (Fsp3) is 0. The van der Waals surface area contributed by atoms with Crippen molar-refractivity contribution in [2.75, 3.05) is 0 Å². The Morgan fingerprint density at radius 3 is 2.09 bits per heavy atom. The number of carbonyl (C=O) groups excluding carboxylic acids is 2. The summed E-state index contributed by atoms with van der Waals surface area (Å²) in [6.07, 6.45) is 1.50. The zero-order valence-electron chi connectivity index (χ0n) is 17.6. The van der Waals surface area contributed by atoms with Gasteiger partial charge in [0.2, 0.25) is 16.0 Å². The highest BCUT2D eigenvalue weighted by atomic mass is 79.9. The van der Waals surface area contributed by atoms with E-state index in [-0.39, 0.29) is 22.2 Å². The SMILES string of the molecule is NC(=Nc1ccc(S(N)(=O)=O)cc1)NC(=O)/C(=C/c1ccc(Br)cc1)NC(=O)c1ccccc1. The van der Waals surface area contributed by atoms with Crippen LogP contribution < -0.4 is 21.5 Å². The van der Waals surface area contributed by atoms with Crippen molar-refractivity contribution in [3.05, 3.63) is 100 Å². The van der Waals surface area contributed by atoms with E-state index in [1.54, 1.807) is 54.6 Å². The molecule has 3 aromatic rings. The lowest BCUT2D eigenvalue weighted by Crippen LogP contribution is -2.41. The van der Waals surface area contributed by atoms with E-state index in [0.717, 1.165) is 4.47 Å². The van der Waals surface area contributed by atoms with Gasteiger partial charge in [0.1, 0.15) is 5.70 Å². The number of nitrogens with zero attached hydrogens (tertiary/aromatic N) is 1. The molecule has 34 heavy (non-hydrogen) atoms. The number of hydrogen-bond donors (Lipinski definition) is 4. The molecule has 0 saturated carbocycles. The van der Waals surface area contributed by atoms with Gasteiger partial charge in [-0.2, -0.15) is 0 Å². The zero-order valence-corrected chi connectivity index (χ0v) is 20.0. The summed E-state index contributed by atoms with van der Waals surface area (Å²) in [7, 11) is -3.85. The minimum absolute atomic E-state index is 0.0566. The summed E-state index contributed by atoms with van der Waals surface area (Å²) < 4.78 is 23.6. The van der Waals surface area contributed by atoms with Crippen molar-refractivity contribution < 1.29 is 18.0 Å². The minimum atomic E-state index is -3.85. The molecule has 11 heteroatoms. The van der Waals surface area contributed by atoms with E-state index in [4.69, 9.17) is 10.9 Å². The first kappa shape index (κ1) is 24.8. The van der Waals surface area contributed by atoms with Gasteiger partial charge >= 0.3 is 0 Å². The number of sulfonamides is 1. The lowest BCUT2D eigenvalue weighted by Gasteiger charge is -2.11. The van der Waals surface area contributed by atoms with Crippen LogP contribution in [0.3, 0.4) is 0 Å². The number of rotatable bonds is 6. The molecule has 0 aliphatic carbocycles. The first-order chi connectivity index (χ1) is 16.1. The van der Waals surface area contributed by atoms with Gasteiger partial charge in [0.25, 0.3) is 11.8 Å². The van der Waals surface area contributed by atoms with E-state index in [9.17, 15) is 18.0 Å². The lowest BCUT2D eigenvalue weighted by molar-refractivity contribution is -0.116. The monoisotopic (exact) mass is 541 g/mol. The fourth-order valence-corrected chi connectivity index (χ4v) is 3.51. The van der Waals surface area contributed by atoms with Gasteiger partial charge < -0.3 is 11.1 Å². The summed E-state index contributed by atoms with van der Waals surface area (Å²) in [4.78, 5) is 29.5. The van der Waals surface area contributed by atoms with E-state index >= 15 is 0 Å². The van der Waals surface area contributed by atoms with Gasteiger partial charge in [-0.15, -0.1) is 0 Å². The van der Waals surface area contributed by atoms with Crippen molar-refractivity contribution in [2.24, 2.45) is 15.9 Å². The Balaban J connectivity index is 1.83. The van der Waals surface area contributed by atoms with Crippen LogP contribution in [0, 0.1) is 0 Å². The molecule has 0 atom stereocenters. The molecule has 0 radical (unpaired) electrons. The van der Waals surface area contributed by atoms with E-state index in [1.165, 1.54) is 30.3 Å². The average Bonchev–Trinajstić information content (AvgIpc) is 2.80. The van der Waals surface area contributed by atoms with E-state index in [1.807, 2.05) is 0 Å². The van der Waals surface area contributed by atoms with Crippen molar-refractivity contribution in [1.82, 2.24) is 10.6 Å². The Kier molecular flexibility index (Phi) is 7.95. The smallest absolute Gasteiger partial charge is 0.274 e. The van der Waals surface area contributed by atoms with E-state index < -0.39 is 21.8 Å². The van der Waals surface area contributed by atoms with Crippen LogP contribution in [0.5, 0.6) is 0 Å². The van der Waals surface area contributed by atoms with E-state index in [0.29, 0.717) is 11.1 Å². The number of carbonyl (C=O) groups is 2. The third-order valence-electron chi connectivity index (χ3n) is 4.37. The Bertz CT molecular complexity index is 1350. The first-order valence-electron chi connectivity index (χ1n) is 9.74. The number of hydrogen-bond acceptors (Lipinski definition) is 5. The van der Waals surface area contributed by atoms with Gasteiger partial charge in [-0.1, -0.05) is 46.3 Å². The van der Waals surface area contributed by atoms with Gasteiger partial charge in [-0.05, 0) is 60.2 Å². The Morgan fingerprint density at radius 1 is 0.882 bits per heavy atom. The first-order valence-corrected chi connectivity index (χ1v) is 12.1. The summed E-state index contributed by atoms with van der Waals surface area (Å²) >= 11 is 3.35. The molecule has 174 valence electrons. The molecule has 0 aromatic heterocycles. The molecule has 0 fully saturated rings. The molecule has 3 aromatic carbocycles. The maximum Gasteiger partial charge on any atom is 0.274 e. The summed E-state index contributed by atoms with van der Waals surface area (Å²) in [5.41, 5.74) is 7.12. The maximum atomic E-state index is 12.9. The standard InChI is InChI=1S/C23H20BrN5O4S/c24-17-8-6-15(7-9-17)14-20(28-21(30)16-4-2-1-3-5-16)22(31)29-23(25)27-18-10-12-19(13-11-18)34(26,32)33/h1-14H,(H,28,30)(H2,26,32,33)(H3,25,27,29,31)/b20-14-. The maximum absolute atomic E-state index is 12.9. The molecule has 0 aliphatic rings. The molecule has 6 N–H and O–H groups in total. The Labute approximate surface area is 204 Å². The summed E-state index contributed by atoms with van der Waals surface area (Å²) in [6, 6.07) is 20.8. The molecule has 0 saturated heterocycles. The molecular formula is C23H20BrN5O4S. The largest absolute Gasteiger partial charge is 0.369 e. The molecule has 0 unspecified atom stereocenters. The highest BCUT2D eigenvalue weighted by molar-refractivity contribution is 9.10. The quantitative estimate of drug-likeness (QED) is 0.214. The van der Waals surface area contributed by atoms with Crippen LogP contribution in [-0.4, -0.2) is 26.2 Å². The number of aliphatic imine (C=N–C) groups is 1. The predicted molar refractivity (Wildman–Crippen MR) is 133 cm³/mol. The van der Waals surface area contributed by atoms with Gasteiger partial charge in [0.05, 0.1) is 10.6 Å². The van der Waals surface area contributed by atoms with Gasteiger partial charge in [-0.25, -0.2) is 18.5 Å². The van der Waals surface area contributed by atoms with Crippen molar-refractivity contribution in [2.45, 2.75) is 4.90 Å². The summed E-state index contributed by atoms with van der Waals surface area (Å²) in [5, 5.41) is 10.1. The Morgan fingerprint density at radius 2 is 1.50 bits per heavy atom. The number of benzene rings is 3. The predicted octanol–water partition coefficient (Wildman–Crippen LogP) is 2.63. The third-order valence-corrected chi connectivity index (χ3v) is 5.82. The zero-order chi connectivity index (χ0) is 24.7. The summed E-state index contributed by atoms with van der Waals surface area (Å²) in [6.45, 7) is 0. The van der Waals surface area contributed by atoms with Gasteiger partial charge in [-0.3, -0.25) is 14.9 Å². The van der Waals surface area contributed by atoms with Crippen LogP contribution in [0.15, 0.2) is 98.9 Å². The number of nitrogens with one attached hydrogen (secondary N) is 2. The molecule has 9 nitrogen and oxygen atoms in total. The molecular weight excluding hydrogens is 522 g/mol. The second kappa shape index (κ2) is 10.9. The van der Waals surface area contributed by atoms with Crippen LogP contribution >= 0.6 is 15.9 Å². The van der Waals surface area contributed by atoms with E-state index in [2.05, 4.69) is 31.6 Å². The van der Waals surface area contributed by atoms with Crippen molar-refractivity contribution in [3.8, 4) is 0 Å². The second-order valence-electron chi connectivity index (χ2n) is 6.92. The van der Waals surface area contributed by atoms with Gasteiger partial charge in [0.15, 0.2) is 0 Å². The normalized spacial score (nSPS) is 12.2. The fourth-order valence-electron chi connectivity index (χ4n) is 2.73. The Hall–Kier alpha value is -3.80. The van der Waals surface area contributed by atoms with Crippen molar-refractivity contribution >= 4 is 55.5 Å². The highest BCUT2D eigenvalue weighted by Crippen LogP contribution is 2.16. The van der Waals surface area contributed by atoms with Crippen LogP contribution in [0.1, 0.15) is 15.9 Å². The second-order valence-corrected chi connectivity index (χ2v) is 9.40. The van der Waals surface area contributed by atoms with Crippen LogP contribution in [0.2, 0.25) is 0 Å². The van der Waals surface area contributed by atoms with Crippen molar-refractivity contribution in [1.29, 1.82) is 0 Å². The molecule has 3 rings (SSSR count). The molecule has 0 spiro atoms. The molecule has 2 amide bonds. The van der Waals surface area contributed by atoms with Crippen molar-refractivity contribution in [3.63, 3.8) is 0 Å². The number of halogens is 1. The average molecular weight is 542 g/mol. The van der Waals surface area contributed by atoms with Crippen LogP contribution in [0.4, 0.5) is 5.69 Å². The summed E-state index contributed by atoms with van der Waals surface area (Å²) in [5.74, 6) is -1.44. The topological polar surface area (TPSA) is 157 Å².